The number of hydrogen-bond acceptors (Lipinski definition) is 3. The number of thioether (sulfide) groups is 1. The Bertz CT molecular complexity index is 261. The number of piperidine rings is 1. The highest BCUT2D eigenvalue weighted by Gasteiger charge is 2.29. The summed E-state index contributed by atoms with van der Waals surface area (Å²) in [7, 11) is 0. The van der Waals surface area contributed by atoms with Gasteiger partial charge in [-0.15, -0.1) is 11.8 Å². The van der Waals surface area contributed by atoms with Crippen molar-refractivity contribution in [1.82, 2.24) is 10.2 Å². The quantitative estimate of drug-likeness (QED) is 0.832. The van der Waals surface area contributed by atoms with Gasteiger partial charge in [0.2, 0.25) is 5.91 Å². The van der Waals surface area contributed by atoms with Crippen molar-refractivity contribution in [2.45, 2.75) is 56.7 Å². The summed E-state index contributed by atoms with van der Waals surface area (Å²) in [6, 6.07) is 0.528. The predicted octanol–water partition coefficient (Wildman–Crippen LogP) is 2.26. The maximum atomic E-state index is 12.5. The van der Waals surface area contributed by atoms with Crippen LogP contribution in [0, 0.1) is 0 Å². The summed E-state index contributed by atoms with van der Waals surface area (Å²) in [5, 5.41) is 3.80. The van der Waals surface area contributed by atoms with Crippen molar-refractivity contribution in [3.05, 3.63) is 0 Å². The van der Waals surface area contributed by atoms with Gasteiger partial charge in [-0.2, -0.15) is 0 Å². The molecule has 0 radical (unpaired) electrons. The zero-order chi connectivity index (χ0) is 12.8. The van der Waals surface area contributed by atoms with Gasteiger partial charge >= 0.3 is 0 Å². The molecular formula is C14H26N2OS. The van der Waals surface area contributed by atoms with Crippen LogP contribution in [0.3, 0.4) is 0 Å². The van der Waals surface area contributed by atoms with E-state index >= 15 is 0 Å². The minimum absolute atomic E-state index is 0.250. The molecule has 2 heterocycles. The Morgan fingerprint density at radius 1 is 1.33 bits per heavy atom. The van der Waals surface area contributed by atoms with Gasteiger partial charge in [-0.05, 0) is 44.4 Å². The number of nitrogens with zero attached hydrogens (tertiary/aromatic N) is 1. The molecule has 1 N–H and O–H groups in total. The second-order valence-corrected chi connectivity index (χ2v) is 6.74. The van der Waals surface area contributed by atoms with Crippen molar-refractivity contribution >= 4 is 17.7 Å². The van der Waals surface area contributed by atoms with E-state index in [0.717, 1.165) is 38.2 Å². The molecule has 0 aromatic carbocycles. The van der Waals surface area contributed by atoms with E-state index in [0.29, 0.717) is 11.9 Å². The molecule has 0 aromatic heterocycles. The molecule has 2 rings (SSSR count). The van der Waals surface area contributed by atoms with Gasteiger partial charge in [0.1, 0.15) is 0 Å². The highest BCUT2D eigenvalue weighted by molar-refractivity contribution is 8.00. The third-order valence-electron chi connectivity index (χ3n) is 3.86. The predicted molar refractivity (Wildman–Crippen MR) is 78.0 cm³/mol. The first-order valence-corrected chi connectivity index (χ1v) is 8.50. The van der Waals surface area contributed by atoms with E-state index in [1.807, 2.05) is 11.8 Å². The molecule has 2 saturated heterocycles. The fraction of sp³-hybridized carbons (Fsp3) is 0.929. The topological polar surface area (TPSA) is 32.3 Å². The van der Waals surface area contributed by atoms with E-state index in [1.165, 1.54) is 25.7 Å². The van der Waals surface area contributed by atoms with Crippen molar-refractivity contribution < 1.29 is 4.79 Å². The lowest BCUT2D eigenvalue weighted by molar-refractivity contribution is -0.131. The van der Waals surface area contributed by atoms with Crippen molar-refractivity contribution in [2.75, 3.05) is 25.4 Å². The van der Waals surface area contributed by atoms with Crippen LogP contribution in [0.15, 0.2) is 0 Å². The Kier molecular flexibility index (Phi) is 5.83. The van der Waals surface area contributed by atoms with Crippen molar-refractivity contribution in [3.63, 3.8) is 0 Å². The van der Waals surface area contributed by atoms with Crippen LogP contribution in [0.2, 0.25) is 0 Å². The second kappa shape index (κ2) is 7.39. The van der Waals surface area contributed by atoms with E-state index in [4.69, 9.17) is 0 Å². The number of rotatable bonds is 5. The SMILES string of the molecule is CCCN(CC1CCCCN1)C(=O)C1CCCS1. The summed E-state index contributed by atoms with van der Waals surface area (Å²) in [4.78, 5) is 14.6. The highest BCUT2D eigenvalue weighted by Crippen LogP contribution is 2.28. The normalized spacial score (nSPS) is 28.3. The van der Waals surface area contributed by atoms with Crippen LogP contribution in [-0.2, 0) is 4.79 Å². The fourth-order valence-corrected chi connectivity index (χ4v) is 4.13. The largest absolute Gasteiger partial charge is 0.340 e. The van der Waals surface area contributed by atoms with Gasteiger partial charge in [-0.25, -0.2) is 0 Å². The molecule has 3 nitrogen and oxygen atoms in total. The summed E-state index contributed by atoms with van der Waals surface area (Å²) < 4.78 is 0. The number of carbonyl (C=O) groups excluding carboxylic acids is 1. The maximum Gasteiger partial charge on any atom is 0.235 e. The van der Waals surface area contributed by atoms with E-state index in [-0.39, 0.29) is 5.25 Å². The first-order chi connectivity index (χ1) is 8.81. The van der Waals surface area contributed by atoms with E-state index < -0.39 is 0 Å². The number of hydrogen-bond donors (Lipinski definition) is 1. The summed E-state index contributed by atoms with van der Waals surface area (Å²) in [6.07, 6.45) is 7.19. The molecule has 2 unspecified atom stereocenters. The first-order valence-electron chi connectivity index (χ1n) is 7.45. The van der Waals surface area contributed by atoms with Gasteiger partial charge in [0, 0.05) is 19.1 Å². The van der Waals surface area contributed by atoms with Crippen molar-refractivity contribution in [1.29, 1.82) is 0 Å². The average Bonchev–Trinajstić information content (AvgIpc) is 2.92. The lowest BCUT2D eigenvalue weighted by atomic mass is 10.0. The van der Waals surface area contributed by atoms with Gasteiger partial charge in [-0.1, -0.05) is 13.3 Å². The molecule has 0 bridgehead atoms. The molecule has 2 aliphatic rings. The molecule has 104 valence electrons. The number of nitrogens with one attached hydrogen (secondary N) is 1. The molecule has 2 atom stereocenters. The zero-order valence-corrected chi connectivity index (χ0v) is 12.3. The minimum Gasteiger partial charge on any atom is -0.340 e. The van der Waals surface area contributed by atoms with Crippen LogP contribution in [0.1, 0.15) is 45.4 Å². The summed E-state index contributed by atoms with van der Waals surface area (Å²) >= 11 is 1.86. The monoisotopic (exact) mass is 270 g/mol. The molecule has 0 spiro atoms. The fourth-order valence-electron chi connectivity index (χ4n) is 2.88. The lowest BCUT2D eigenvalue weighted by Gasteiger charge is -2.31. The van der Waals surface area contributed by atoms with Gasteiger partial charge < -0.3 is 10.2 Å². The lowest BCUT2D eigenvalue weighted by Crippen LogP contribution is -2.48. The minimum atomic E-state index is 0.250. The summed E-state index contributed by atoms with van der Waals surface area (Å²) in [6.45, 7) is 5.13. The van der Waals surface area contributed by atoms with E-state index in [9.17, 15) is 4.79 Å². The Balaban J connectivity index is 1.87. The van der Waals surface area contributed by atoms with Gasteiger partial charge in [-0.3, -0.25) is 4.79 Å². The molecule has 18 heavy (non-hydrogen) atoms. The summed E-state index contributed by atoms with van der Waals surface area (Å²) in [5.41, 5.74) is 0. The van der Waals surface area contributed by atoms with Gasteiger partial charge in [0.05, 0.1) is 5.25 Å². The van der Waals surface area contributed by atoms with Gasteiger partial charge in [0.15, 0.2) is 0 Å². The number of amides is 1. The molecule has 1 amide bonds. The Morgan fingerprint density at radius 3 is 2.83 bits per heavy atom. The summed E-state index contributed by atoms with van der Waals surface area (Å²) in [5.74, 6) is 1.56. The molecule has 0 aromatic rings. The molecule has 2 fully saturated rings. The molecule has 0 aliphatic carbocycles. The average molecular weight is 270 g/mol. The van der Waals surface area contributed by atoms with Crippen LogP contribution in [0.5, 0.6) is 0 Å². The van der Waals surface area contributed by atoms with Crippen LogP contribution >= 0.6 is 11.8 Å². The van der Waals surface area contributed by atoms with Gasteiger partial charge in [0.25, 0.3) is 0 Å². The van der Waals surface area contributed by atoms with Crippen LogP contribution in [0.4, 0.5) is 0 Å². The Hall–Kier alpha value is -0.220. The van der Waals surface area contributed by atoms with E-state index in [1.54, 1.807) is 0 Å². The Labute approximate surface area is 115 Å². The Morgan fingerprint density at radius 2 is 2.22 bits per heavy atom. The third kappa shape index (κ3) is 3.89. The van der Waals surface area contributed by atoms with Crippen LogP contribution in [0.25, 0.3) is 0 Å². The maximum absolute atomic E-state index is 12.5. The second-order valence-electron chi connectivity index (χ2n) is 5.43. The third-order valence-corrected chi connectivity index (χ3v) is 5.23. The highest BCUT2D eigenvalue weighted by atomic mass is 32.2. The molecular weight excluding hydrogens is 244 g/mol. The molecule has 2 aliphatic heterocycles. The molecule has 4 heteroatoms. The zero-order valence-electron chi connectivity index (χ0n) is 11.5. The standard InChI is InChI=1S/C14H26N2OS/c1-2-9-16(11-12-6-3-4-8-15-12)14(17)13-7-5-10-18-13/h12-13,15H,2-11H2,1H3. The van der Waals surface area contributed by atoms with Crippen LogP contribution in [-0.4, -0.2) is 47.5 Å². The molecule has 0 saturated carbocycles. The number of carbonyl (C=O) groups is 1. The van der Waals surface area contributed by atoms with Crippen molar-refractivity contribution in [2.24, 2.45) is 0 Å². The van der Waals surface area contributed by atoms with E-state index in [2.05, 4.69) is 17.1 Å². The van der Waals surface area contributed by atoms with Crippen molar-refractivity contribution in [3.8, 4) is 0 Å². The smallest absolute Gasteiger partial charge is 0.235 e. The van der Waals surface area contributed by atoms with Crippen LogP contribution < -0.4 is 5.32 Å². The first kappa shape index (κ1) is 14.2.